The van der Waals surface area contributed by atoms with Crippen molar-refractivity contribution < 1.29 is 27.1 Å². The molecule has 3 aromatic rings. The fourth-order valence-electron chi connectivity index (χ4n) is 4.38. The summed E-state index contributed by atoms with van der Waals surface area (Å²) < 4.78 is 48.5. The van der Waals surface area contributed by atoms with Crippen LogP contribution in [0.2, 0.25) is 0 Å². The first kappa shape index (κ1) is 31.6. The number of ether oxygens (including phenoxy) is 1. The first-order valence-electron chi connectivity index (χ1n) is 13.6. The Labute approximate surface area is 242 Å². The number of nitrogens with one attached hydrogen (secondary N) is 1. The van der Waals surface area contributed by atoms with Gasteiger partial charge in [-0.3, -0.25) is 13.9 Å². The van der Waals surface area contributed by atoms with Gasteiger partial charge in [-0.1, -0.05) is 48.9 Å². The number of halogens is 1. The molecule has 0 fully saturated rings. The maximum Gasteiger partial charge on any atom is 0.264 e. The van der Waals surface area contributed by atoms with Gasteiger partial charge in [0.05, 0.1) is 17.2 Å². The first-order valence-corrected chi connectivity index (χ1v) is 15.1. The number of rotatable bonds is 13. The number of hydrogen-bond acceptors (Lipinski definition) is 5. The molecule has 0 heterocycles. The number of benzene rings is 3. The predicted octanol–water partition coefficient (Wildman–Crippen LogP) is 5.06. The molecule has 0 saturated carbocycles. The molecule has 0 radical (unpaired) electrons. The third-order valence-corrected chi connectivity index (χ3v) is 8.18. The molecule has 0 saturated heterocycles. The molecule has 1 N–H and O–H groups in total. The minimum atomic E-state index is -4.23. The maximum absolute atomic E-state index is 14.1. The van der Waals surface area contributed by atoms with Gasteiger partial charge in [0.2, 0.25) is 11.8 Å². The summed E-state index contributed by atoms with van der Waals surface area (Å²) in [6, 6.07) is 17.5. The number of anilines is 1. The lowest BCUT2D eigenvalue weighted by Gasteiger charge is -2.34. The third-order valence-electron chi connectivity index (χ3n) is 6.40. The minimum absolute atomic E-state index is 0.0110. The van der Waals surface area contributed by atoms with E-state index in [4.69, 9.17) is 4.74 Å². The van der Waals surface area contributed by atoms with Gasteiger partial charge < -0.3 is 15.0 Å². The van der Waals surface area contributed by atoms with Crippen LogP contribution in [0.1, 0.15) is 45.2 Å². The van der Waals surface area contributed by atoms with Crippen LogP contribution >= 0.6 is 0 Å². The first-order chi connectivity index (χ1) is 19.5. The normalized spacial score (nSPS) is 12.1. The van der Waals surface area contributed by atoms with Gasteiger partial charge in [-0.25, -0.2) is 12.8 Å². The van der Waals surface area contributed by atoms with Gasteiger partial charge in [-0.05, 0) is 76.1 Å². The Kier molecular flexibility index (Phi) is 10.9. The molecule has 220 valence electrons. The lowest BCUT2D eigenvalue weighted by Crippen LogP contribution is -2.53. The fraction of sp³-hybridized carbons (Fsp3) is 0.355. The molecule has 3 rings (SSSR count). The summed E-state index contributed by atoms with van der Waals surface area (Å²) in [5, 5.41) is 2.85. The van der Waals surface area contributed by atoms with E-state index in [1.54, 1.807) is 50.2 Å². The maximum atomic E-state index is 14.1. The van der Waals surface area contributed by atoms with Gasteiger partial charge >= 0.3 is 0 Å². The number of para-hydroxylation sites is 2. The van der Waals surface area contributed by atoms with Crippen molar-refractivity contribution in [3.8, 4) is 5.75 Å². The Morgan fingerprint density at radius 2 is 1.59 bits per heavy atom. The van der Waals surface area contributed by atoms with Gasteiger partial charge in [0.1, 0.15) is 24.2 Å². The van der Waals surface area contributed by atoms with E-state index in [1.165, 1.54) is 41.3 Å². The van der Waals surface area contributed by atoms with Crippen molar-refractivity contribution in [3.63, 3.8) is 0 Å². The summed E-state index contributed by atoms with van der Waals surface area (Å²) >= 11 is 0. The third kappa shape index (κ3) is 8.07. The molecule has 0 aliphatic rings. The Morgan fingerprint density at radius 1 is 0.951 bits per heavy atom. The average Bonchev–Trinajstić information content (AvgIpc) is 2.93. The lowest BCUT2D eigenvalue weighted by molar-refractivity contribution is -0.140. The summed E-state index contributed by atoms with van der Waals surface area (Å²) in [6.45, 7) is 8.72. The largest absolute Gasteiger partial charge is 0.492 e. The van der Waals surface area contributed by atoms with Crippen LogP contribution in [0.5, 0.6) is 5.75 Å². The lowest BCUT2D eigenvalue weighted by atomic mass is 10.1. The van der Waals surface area contributed by atoms with E-state index in [9.17, 15) is 22.4 Å². The number of carbonyl (C=O) groups is 2. The molecule has 0 aliphatic heterocycles. The van der Waals surface area contributed by atoms with E-state index in [0.717, 1.165) is 9.87 Å². The number of amides is 2. The highest BCUT2D eigenvalue weighted by Gasteiger charge is 2.34. The van der Waals surface area contributed by atoms with Crippen LogP contribution < -0.4 is 14.4 Å². The molecule has 8 nitrogen and oxygen atoms in total. The van der Waals surface area contributed by atoms with Gasteiger partial charge in [-0.2, -0.15) is 0 Å². The van der Waals surface area contributed by atoms with E-state index in [1.807, 2.05) is 20.8 Å². The predicted molar refractivity (Wildman–Crippen MR) is 158 cm³/mol. The molecule has 0 aliphatic carbocycles. The molecule has 0 aromatic heterocycles. The molecule has 41 heavy (non-hydrogen) atoms. The molecular weight excluding hydrogens is 545 g/mol. The zero-order valence-electron chi connectivity index (χ0n) is 24.1. The van der Waals surface area contributed by atoms with Crippen molar-refractivity contribution in [2.45, 2.75) is 64.6 Å². The molecule has 2 amide bonds. The zero-order valence-corrected chi connectivity index (χ0v) is 24.9. The highest BCUT2D eigenvalue weighted by atomic mass is 32.2. The van der Waals surface area contributed by atoms with Crippen molar-refractivity contribution in [1.29, 1.82) is 0 Å². The second kappa shape index (κ2) is 14.1. The fourth-order valence-corrected chi connectivity index (χ4v) is 5.80. The van der Waals surface area contributed by atoms with Crippen LogP contribution in [0.15, 0.2) is 77.7 Å². The summed E-state index contributed by atoms with van der Waals surface area (Å²) in [5.41, 5.74) is 1.68. The number of nitrogens with zero attached hydrogens (tertiary/aromatic N) is 2. The van der Waals surface area contributed by atoms with Crippen LogP contribution in [0, 0.1) is 12.7 Å². The SMILES string of the molecule is CCOc1ccccc1N(CC(=O)N(Cc1ccc(F)cc1)[C@@H](CC)C(=O)NC(C)C)S(=O)(=O)c1ccc(C)cc1. The van der Waals surface area contributed by atoms with E-state index < -0.39 is 34.3 Å². The van der Waals surface area contributed by atoms with Crippen LogP contribution in [0.25, 0.3) is 0 Å². The van der Waals surface area contributed by atoms with E-state index >= 15 is 0 Å². The smallest absolute Gasteiger partial charge is 0.264 e. The summed E-state index contributed by atoms with van der Waals surface area (Å²) in [5.74, 6) is -1.09. The Bertz CT molecular complexity index is 1430. The number of aryl methyl sites for hydroxylation is 1. The van der Waals surface area contributed by atoms with Crippen molar-refractivity contribution in [2.75, 3.05) is 17.5 Å². The van der Waals surface area contributed by atoms with E-state index in [2.05, 4.69) is 5.32 Å². The second-order valence-electron chi connectivity index (χ2n) is 9.96. The average molecular weight is 584 g/mol. The van der Waals surface area contributed by atoms with Gasteiger partial charge in [0, 0.05) is 12.6 Å². The van der Waals surface area contributed by atoms with Crippen LogP contribution in [-0.4, -0.2) is 50.4 Å². The number of hydrogen-bond donors (Lipinski definition) is 1. The summed E-state index contributed by atoms with van der Waals surface area (Å²) in [7, 11) is -4.23. The van der Waals surface area contributed by atoms with Crippen molar-refractivity contribution in [2.24, 2.45) is 0 Å². The van der Waals surface area contributed by atoms with Crippen molar-refractivity contribution >= 4 is 27.5 Å². The van der Waals surface area contributed by atoms with Gasteiger partial charge in [-0.15, -0.1) is 0 Å². The van der Waals surface area contributed by atoms with Gasteiger partial charge in [0.25, 0.3) is 10.0 Å². The van der Waals surface area contributed by atoms with Crippen LogP contribution in [-0.2, 0) is 26.2 Å². The zero-order chi connectivity index (χ0) is 30.2. The monoisotopic (exact) mass is 583 g/mol. The van der Waals surface area contributed by atoms with Gasteiger partial charge in [0.15, 0.2) is 0 Å². The Hall–Kier alpha value is -3.92. The molecular formula is C31H38FN3O5S. The van der Waals surface area contributed by atoms with Crippen molar-refractivity contribution in [1.82, 2.24) is 10.2 Å². The molecule has 0 spiro atoms. The standard InChI is InChI=1S/C31H38FN3O5S/c1-6-27(31(37)33-22(3)4)34(20-24-14-16-25(32)17-15-24)30(36)21-35(28-10-8-9-11-29(28)40-7-2)41(38,39)26-18-12-23(5)13-19-26/h8-19,22,27H,6-7,20-21H2,1-5H3,(H,33,37)/t27-/m0/s1. The van der Waals surface area contributed by atoms with Crippen LogP contribution in [0.4, 0.5) is 10.1 Å². The summed E-state index contributed by atoms with van der Waals surface area (Å²) in [4.78, 5) is 28.7. The van der Waals surface area contributed by atoms with Crippen molar-refractivity contribution in [3.05, 3.63) is 89.7 Å². The van der Waals surface area contributed by atoms with E-state index in [-0.39, 0.29) is 42.1 Å². The highest BCUT2D eigenvalue weighted by Crippen LogP contribution is 2.33. The molecule has 0 bridgehead atoms. The Morgan fingerprint density at radius 3 is 2.17 bits per heavy atom. The molecule has 1 atom stereocenters. The second-order valence-corrected chi connectivity index (χ2v) is 11.8. The number of carbonyl (C=O) groups excluding carboxylic acids is 2. The topological polar surface area (TPSA) is 96.0 Å². The highest BCUT2D eigenvalue weighted by molar-refractivity contribution is 7.92. The number of sulfonamides is 1. The Balaban J connectivity index is 2.11. The van der Waals surface area contributed by atoms with Crippen LogP contribution in [0.3, 0.4) is 0 Å². The minimum Gasteiger partial charge on any atom is -0.492 e. The molecule has 3 aromatic carbocycles. The summed E-state index contributed by atoms with van der Waals surface area (Å²) in [6.07, 6.45) is 0.283. The quantitative estimate of drug-likeness (QED) is 0.304. The molecule has 10 heteroatoms. The van der Waals surface area contributed by atoms with E-state index in [0.29, 0.717) is 11.3 Å². The molecule has 0 unspecified atom stereocenters.